The maximum Gasteiger partial charge on any atom is 0.340 e. The molecule has 0 amide bonds. The van der Waals surface area contributed by atoms with E-state index in [1.807, 2.05) is 0 Å². The van der Waals surface area contributed by atoms with Crippen molar-refractivity contribution in [3.05, 3.63) is 0 Å². The van der Waals surface area contributed by atoms with Crippen molar-refractivity contribution in [2.45, 2.75) is 155 Å². The number of carboxylic acids is 1. The van der Waals surface area contributed by atoms with Gasteiger partial charge in [0.25, 0.3) is 0 Å². The molecule has 330 valence electrons. The highest BCUT2D eigenvalue weighted by molar-refractivity contribution is 5.83. The standard InChI is InChI=1S/C37H59N3O18/c1-39-11-14-7-15(13-3-5-22(38)40-10-13)23-21(9-20-24(25(23)44)18(43)8-19(54-20)12-2-4-16(41)17(42)6-12)57-37(14)33(50)29(48)28(47)32(58-37)35(53)56-36-30(49)26(45)27(46)31(55-36)34(51)52/h12-17,19-33,36,39-42,44-50H,2-11,38H2,1H3,(H,51,52)/t12?,13?,14-,15?,16?,17?,19?,20?,21?,22?,23?,24?,25?,26-,27-,28-,29-,30+,31-,32-,33+,36-,37+/m0/s1. The molecule has 0 bridgehead atoms. The van der Waals surface area contributed by atoms with Crippen LogP contribution in [0.4, 0.5) is 0 Å². The molecule has 7 aliphatic rings. The zero-order chi connectivity index (χ0) is 42.0. The molecule has 0 aromatic carbocycles. The number of rotatable bonds is 7. The van der Waals surface area contributed by atoms with Gasteiger partial charge in [0.2, 0.25) is 12.1 Å². The van der Waals surface area contributed by atoms with Crippen LogP contribution in [0.15, 0.2) is 0 Å². The number of ether oxygens (including phenoxy) is 5. The number of aliphatic carboxylic acids is 1. The topological polar surface area (TPSA) is 350 Å². The lowest BCUT2D eigenvalue weighted by atomic mass is 9.61. The molecule has 0 aromatic heterocycles. The summed E-state index contributed by atoms with van der Waals surface area (Å²) >= 11 is 0. The van der Waals surface area contributed by atoms with Crippen molar-refractivity contribution in [1.82, 2.24) is 10.6 Å². The zero-order valence-corrected chi connectivity index (χ0v) is 32.1. The molecule has 21 heteroatoms. The third-order valence-electron chi connectivity index (χ3n) is 14.0. The predicted octanol–water partition coefficient (Wildman–Crippen LogP) is -5.63. The number of nitrogens with two attached hydrogens (primary N) is 1. The minimum Gasteiger partial charge on any atom is -0.479 e. The van der Waals surface area contributed by atoms with Crippen LogP contribution in [-0.2, 0) is 38.1 Å². The van der Waals surface area contributed by atoms with Gasteiger partial charge in [-0.15, -0.1) is 0 Å². The van der Waals surface area contributed by atoms with Crippen LogP contribution >= 0.6 is 0 Å². The summed E-state index contributed by atoms with van der Waals surface area (Å²) in [4.78, 5) is 39.6. The molecule has 12 unspecified atom stereocenters. The quantitative estimate of drug-likeness (QED) is 0.106. The average Bonchev–Trinajstić information content (AvgIpc) is 3.31. The lowest BCUT2D eigenvalue weighted by Gasteiger charge is -2.54. The van der Waals surface area contributed by atoms with E-state index in [-0.39, 0.29) is 56.0 Å². The number of piperidine rings is 1. The second-order valence-electron chi connectivity index (χ2n) is 17.4. The van der Waals surface area contributed by atoms with Crippen LogP contribution in [-0.4, -0.2) is 193 Å². The van der Waals surface area contributed by atoms with Gasteiger partial charge in [0.1, 0.15) is 42.4 Å². The van der Waals surface area contributed by atoms with Gasteiger partial charge in [-0.25, -0.2) is 9.59 Å². The van der Waals surface area contributed by atoms with Crippen molar-refractivity contribution < 1.29 is 89.1 Å². The molecular weight excluding hydrogens is 774 g/mol. The van der Waals surface area contributed by atoms with Crippen molar-refractivity contribution in [3.63, 3.8) is 0 Å². The van der Waals surface area contributed by atoms with Gasteiger partial charge in [-0.1, -0.05) is 0 Å². The second kappa shape index (κ2) is 17.4. The summed E-state index contributed by atoms with van der Waals surface area (Å²) in [7, 11) is 1.62. The van der Waals surface area contributed by atoms with Crippen LogP contribution in [0.5, 0.6) is 0 Å². The van der Waals surface area contributed by atoms with Gasteiger partial charge in [-0.3, -0.25) is 4.79 Å². The number of carbonyl (C=O) groups excluding carboxylic acids is 2. The van der Waals surface area contributed by atoms with Gasteiger partial charge < -0.3 is 91.1 Å². The highest BCUT2D eigenvalue weighted by Gasteiger charge is 2.66. The number of hydrogen-bond donors (Lipinski definition) is 13. The lowest BCUT2D eigenvalue weighted by Crippen LogP contribution is -2.71. The summed E-state index contributed by atoms with van der Waals surface area (Å²) < 4.78 is 30.0. The Labute approximate surface area is 333 Å². The Balaban J connectivity index is 1.22. The maximum atomic E-state index is 14.0. The molecule has 14 N–H and O–H groups in total. The Morgan fingerprint density at radius 3 is 2.16 bits per heavy atom. The van der Waals surface area contributed by atoms with Crippen LogP contribution < -0.4 is 16.4 Å². The summed E-state index contributed by atoms with van der Waals surface area (Å²) in [6, 6.07) is 0. The first kappa shape index (κ1) is 44.0. The molecule has 0 aromatic rings. The molecule has 21 nitrogen and oxygen atoms in total. The molecule has 2 aliphatic carbocycles. The van der Waals surface area contributed by atoms with Crippen molar-refractivity contribution in [2.75, 3.05) is 20.1 Å². The number of carboxylic acid groups (broad SMARTS) is 1. The Bertz CT molecular complexity index is 1490. The van der Waals surface area contributed by atoms with E-state index in [1.165, 1.54) is 0 Å². The van der Waals surface area contributed by atoms with Crippen LogP contribution in [0, 0.1) is 35.5 Å². The fourth-order valence-corrected chi connectivity index (χ4v) is 10.9. The third kappa shape index (κ3) is 7.96. The van der Waals surface area contributed by atoms with Crippen molar-refractivity contribution in [1.29, 1.82) is 0 Å². The summed E-state index contributed by atoms with van der Waals surface area (Å²) in [5.41, 5.74) is 6.19. The van der Waals surface area contributed by atoms with Crippen molar-refractivity contribution in [2.24, 2.45) is 41.2 Å². The monoisotopic (exact) mass is 833 g/mol. The lowest BCUT2D eigenvalue weighted by molar-refractivity contribution is -0.391. The summed E-state index contributed by atoms with van der Waals surface area (Å²) in [6.45, 7) is 0.487. The van der Waals surface area contributed by atoms with E-state index >= 15 is 0 Å². The van der Waals surface area contributed by atoms with Crippen molar-refractivity contribution in [3.8, 4) is 0 Å². The SMILES string of the molecule is CNC[C@@H]1CC(C2CCC(N)NC2)C2C(CC3OC(C4CCC(O)C(O)C4)CC(=O)C3C2O)O[C@@]12O[C@H](C(=O)O[C@@H]1O[C@H](C(=O)O)[C@@H](O)[C@H](O)[C@H]1O)[C@@H](O)[C@H](O)[C@H]2O. The van der Waals surface area contributed by atoms with E-state index in [2.05, 4.69) is 10.6 Å². The largest absolute Gasteiger partial charge is 0.479 e. The van der Waals surface area contributed by atoms with E-state index in [4.69, 9.17) is 29.4 Å². The maximum absolute atomic E-state index is 14.0. The number of hydrogen-bond acceptors (Lipinski definition) is 20. The molecule has 58 heavy (non-hydrogen) atoms. The molecular formula is C37H59N3O18. The Morgan fingerprint density at radius 1 is 0.793 bits per heavy atom. The van der Waals surface area contributed by atoms with E-state index < -0.39 is 133 Å². The van der Waals surface area contributed by atoms with Gasteiger partial charge in [-0.2, -0.15) is 0 Å². The molecule has 1 spiro atoms. The summed E-state index contributed by atoms with van der Waals surface area (Å²) in [6.07, 6.45) is -22.8. The molecule has 5 saturated heterocycles. The second-order valence-corrected chi connectivity index (χ2v) is 17.4. The fraction of sp³-hybridized carbons (Fsp3) is 0.919. The minimum atomic E-state index is -2.32. The smallest absolute Gasteiger partial charge is 0.340 e. The number of aliphatic hydroxyl groups excluding tert-OH is 9. The van der Waals surface area contributed by atoms with Crippen LogP contribution in [0.3, 0.4) is 0 Å². The molecule has 7 fully saturated rings. The molecule has 5 aliphatic heterocycles. The van der Waals surface area contributed by atoms with Gasteiger partial charge in [0.15, 0.2) is 12.2 Å². The molecule has 2 saturated carbocycles. The number of Topliss-reactive ketones (excluding diaryl/α,β-unsaturated/α-hetero) is 1. The Morgan fingerprint density at radius 2 is 1.50 bits per heavy atom. The van der Waals surface area contributed by atoms with Crippen LogP contribution in [0.2, 0.25) is 0 Å². The normalized spacial score (nSPS) is 52.6. The van der Waals surface area contributed by atoms with E-state index in [9.17, 15) is 65.4 Å². The first-order valence-corrected chi connectivity index (χ1v) is 20.4. The fourth-order valence-electron chi connectivity index (χ4n) is 10.9. The van der Waals surface area contributed by atoms with Gasteiger partial charge >= 0.3 is 11.9 Å². The van der Waals surface area contributed by atoms with Crippen LogP contribution in [0.1, 0.15) is 51.4 Å². The zero-order valence-electron chi connectivity index (χ0n) is 32.1. The third-order valence-corrected chi connectivity index (χ3v) is 14.0. The van der Waals surface area contributed by atoms with Crippen LogP contribution in [0.25, 0.3) is 0 Å². The first-order chi connectivity index (χ1) is 27.5. The van der Waals surface area contributed by atoms with E-state index in [0.29, 0.717) is 32.2 Å². The van der Waals surface area contributed by atoms with E-state index in [0.717, 1.165) is 0 Å². The number of fused-ring (bicyclic) bond motifs is 2. The molecule has 5 heterocycles. The number of nitrogens with one attached hydrogen (secondary N) is 2. The number of carbonyl (C=O) groups is 3. The highest BCUT2D eigenvalue weighted by atomic mass is 16.8. The molecule has 7 rings (SSSR count). The average molecular weight is 834 g/mol. The number of aliphatic hydroxyl groups is 9. The molecule has 23 atom stereocenters. The van der Waals surface area contributed by atoms with E-state index in [1.54, 1.807) is 7.05 Å². The predicted molar refractivity (Wildman–Crippen MR) is 190 cm³/mol. The number of esters is 1. The summed E-state index contributed by atoms with van der Waals surface area (Å²) in [5, 5.41) is 114. The van der Waals surface area contributed by atoms with Gasteiger partial charge in [0.05, 0.1) is 48.7 Å². The Hall–Kier alpha value is -2.03. The first-order valence-electron chi connectivity index (χ1n) is 20.4. The van der Waals surface area contributed by atoms with Gasteiger partial charge in [-0.05, 0) is 69.9 Å². The minimum absolute atomic E-state index is 0.000538. The number of ketones is 1. The van der Waals surface area contributed by atoms with Gasteiger partial charge in [0, 0.05) is 31.2 Å². The highest BCUT2D eigenvalue weighted by Crippen LogP contribution is 2.54. The summed E-state index contributed by atoms with van der Waals surface area (Å²) in [5.74, 6) is -9.22. The van der Waals surface area contributed by atoms with Crippen molar-refractivity contribution >= 4 is 17.7 Å². The molecule has 0 radical (unpaired) electrons. The Kier molecular flexibility index (Phi) is 13.2.